The van der Waals surface area contributed by atoms with Crippen LogP contribution < -0.4 is 0 Å². The molecule has 1 unspecified atom stereocenters. The first kappa shape index (κ1) is 14.8. The standard InChI is InChI=1S/C14H23N3O3/c1-10-13(19)15(3)8-9-17(10)14(20)12-4-6-16(7-5-12)11(2)18/h10,12H,4-9H2,1-3H3. The quantitative estimate of drug-likeness (QED) is 0.676. The van der Waals surface area contributed by atoms with E-state index in [0.29, 0.717) is 39.0 Å². The highest BCUT2D eigenvalue weighted by Crippen LogP contribution is 2.22. The van der Waals surface area contributed by atoms with Crippen LogP contribution in [0, 0.1) is 5.92 Å². The van der Waals surface area contributed by atoms with Crippen molar-refractivity contribution in [2.45, 2.75) is 32.7 Å². The SMILES string of the molecule is CC(=O)N1CCC(C(=O)N2CCN(C)C(=O)C2C)CC1. The summed E-state index contributed by atoms with van der Waals surface area (Å²) < 4.78 is 0. The predicted molar refractivity (Wildman–Crippen MR) is 73.8 cm³/mol. The fraction of sp³-hybridized carbons (Fsp3) is 0.786. The summed E-state index contributed by atoms with van der Waals surface area (Å²) in [5.74, 6) is 0.0937. The molecule has 0 spiro atoms. The lowest BCUT2D eigenvalue weighted by molar-refractivity contribution is -0.153. The second-order valence-electron chi connectivity index (χ2n) is 5.75. The number of rotatable bonds is 1. The van der Waals surface area contributed by atoms with Crippen LogP contribution in [0.15, 0.2) is 0 Å². The number of piperidine rings is 1. The average molecular weight is 281 g/mol. The van der Waals surface area contributed by atoms with Crippen LogP contribution in [0.4, 0.5) is 0 Å². The number of piperazine rings is 1. The van der Waals surface area contributed by atoms with Gasteiger partial charge in [0.25, 0.3) is 0 Å². The van der Waals surface area contributed by atoms with Gasteiger partial charge in [0.2, 0.25) is 17.7 Å². The molecule has 6 nitrogen and oxygen atoms in total. The van der Waals surface area contributed by atoms with Gasteiger partial charge in [0.05, 0.1) is 0 Å². The maximum Gasteiger partial charge on any atom is 0.244 e. The van der Waals surface area contributed by atoms with Crippen molar-refractivity contribution in [1.82, 2.24) is 14.7 Å². The minimum atomic E-state index is -0.368. The van der Waals surface area contributed by atoms with Crippen LogP contribution in [0.25, 0.3) is 0 Å². The van der Waals surface area contributed by atoms with Crippen molar-refractivity contribution in [2.24, 2.45) is 5.92 Å². The Morgan fingerprint density at radius 3 is 2.25 bits per heavy atom. The monoisotopic (exact) mass is 281 g/mol. The molecular formula is C14H23N3O3. The molecule has 112 valence electrons. The molecular weight excluding hydrogens is 258 g/mol. The highest BCUT2D eigenvalue weighted by Gasteiger charge is 2.36. The zero-order valence-corrected chi connectivity index (χ0v) is 12.5. The largest absolute Gasteiger partial charge is 0.343 e. The smallest absolute Gasteiger partial charge is 0.244 e. The Labute approximate surface area is 119 Å². The molecule has 0 aromatic heterocycles. The van der Waals surface area contributed by atoms with Crippen molar-refractivity contribution in [3.8, 4) is 0 Å². The summed E-state index contributed by atoms with van der Waals surface area (Å²) in [5.41, 5.74) is 0. The topological polar surface area (TPSA) is 60.9 Å². The summed E-state index contributed by atoms with van der Waals surface area (Å²) >= 11 is 0. The van der Waals surface area contributed by atoms with E-state index in [2.05, 4.69) is 0 Å². The van der Waals surface area contributed by atoms with Crippen molar-refractivity contribution in [3.05, 3.63) is 0 Å². The second-order valence-corrected chi connectivity index (χ2v) is 5.75. The van der Waals surface area contributed by atoms with Crippen LogP contribution in [-0.2, 0) is 14.4 Å². The molecule has 6 heteroatoms. The Bertz CT molecular complexity index is 416. The van der Waals surface area contributed by atoms with Gasteiger partial charge in [-0.2, -0.15) is 0 Å². The lowest BCUT2D eigenvalue weighted by Gasteiger charge is -2.40. The molecule has 2 heterocycles. The Kier molecular flexibility index (Phi) is 4.30. The minimum Gasteiger partial charge on any atom is -0.343 e. The van der Waals surface area contributed by atoms with Gasteiger partial charge in [0.15, 0.2) is 0 Å². The fourth-order valence-corrected chi connectivity index (χ4v) is 2.99. The van der Waals surface area contributed by atoms with Crippen molar-refractivity contribution in [2.75, 3.05) is 33.2 Å². The number of carbonyl (C=O) groups is 3. The van der Waals surface area contributed by atoms with Crippen LogP contribution in [0.5, 0.6) is 0 Å². The molecule has 20 heavy (non-hydrogen) atoms. The number of likely N-dealkylation sites (N-methyl/N-ethyl adjacent to an activating group) is 1. The van der Waals surface area contributed by atoms with Crippen LogP contribution in [0.3, 0.4) is 0 Å². The lowest BCUT2D eigenvalue weighted by atomic mass is 9.94. The maximum atomic E-state index is 12.5. The van der Waals surface area contributed by atoms with E-state index in [1.807, 2.05) is 0 Å². The zero-order chi connectivity index (χ0) is 14.9. The van der Waals surface area contributed by atoms with Gasteiger partial charge in [-0.3, -0.25) is 14.4 Å². The Morgan fingerprint density at radius 2 is 1.70 bits per heavy atom. The van der Waals surface area contributed by atoms with Gasteiger partial charge in [0.1, 0.15) is 6.04 Å². The summed E-state index contributed by atoms with van der Waals surface area (Å²) in [6.45, 7) is 5.84. The van der Waals surface area contributed by atoms with E-state index in [0.717, 1.165) is 0 Å². The third-order valence-electron chi connectivity index (χ3n) is 4.45. The molecule has 2 rings (SSSR count). The first-order valence-corrected chi connectivity index (χ1v) is 7.22. The number of hydrogen-bond acceptors (Lipinski definition) is 3. The molecule has 0 N–H and O–H groups in total. The minimum absolute atomic E-state index is 0.00534. The van der Waals surface area contributed by atoms with Gasteiger partial charge in [0, 0.05) is 46.1 Å². The molecule has 2 aliphatic rings. The first-order valence-electron chi connectivity index (χ1n) is 7.22. The summed E-state index contributed by atoms with van der Waals surface area (Å²) in [7, 11) is 1.77. The molecule has 2 saturated heterocycles. The number of amides is 3. The summed E-state index contributed by atoms with van der Waals surface area (Å²) in [4.78, 5) is 40.9. The van der Waals surface area contributed by atoms with Gasteiger partial charge in [-0.15, -0.1) is 0 Å². The van der Waals surface area contributed by atoms with Crippen molar-refractivity contribution in [1.29, 1.82) is 0 Å². The number of carbonyl (C=O) groups excluding carboxylic acids is 3. The summed E-state index contributed by atoms with van der Waals surface area (Å²) in [5, 5.41) is 0. The number of hydrogen-bond donors (Lipinski definition) is 0. The van der Waals surface area contributed by atoms with Crippen LogP contribution in [0.2, 0.25) is 0 Å². The summed E-state index contributed by atoms with van der Waals surface area (Å²) in [6, 6.07) is -0.368. The van der Waals surface area contributed by atoms with Crippen molar-refractivity contribution >= 4 is 17.7 Å². The van der Waals surface area contributed by atoms with Crippen molar-refractivity contribution in [3.63, 3.8) is 0 Å². The van der Waals surface area contributed by atoms with Gasteiger partial charge >= 0.3 is 0 Å². The molecule has 0 saturated carbocycles. The van der Waals surface area contributed by atoms with E-state index in [1.165, 1.54) is 0 Å². The molecule has 0 aliphatic carbocycles. The molecule has 0 bridgehead atoms. The van der Waals surface area contributed by atoms with E-state index in [9.17, 15) is 14.4 Å². The zero-order valence-electron chi connectivity index (χ0n) is 12.5. The Hall–Kier alpha value is -1.59. The van der Waals surface area contributed by atoms with E-state index in [1.54, 1.807) is 35.6 Å². The lowest BCUT2D eigenvalue weighted by Crippen LogP contribution is -2.58. The van der Waals surface area contributed by atoms with Crippen molar-refractivity contribution < 1.29 is 14.4 Å². The molecule has 0 radical (unpaired) electrons. The van der Waals surface area contributed by atoms with E-state index in [4.69, 9.17) is 0 Å². The highest BCUT2D eigenvalue weighted by atomic mass is 16.2. The summed E-state index contributed by atoms with van der Waals surface area (Å²) in [6.07, 6.45) is 1.40. The molecule has 0 aromatic rings. The number of likely N-dealkylation sites (tertiary alicyclic amines) is 1. The Balaban J connectivity index is 1.95. The van der Waals surface area contributed by atoms with E-state index < -0.39 is 0 Å². The predicted octanol–water partition coefficient (Wildman–Crippen LogP) is -0.0660. The van der Waals surface area contributed by atoms with Crippen LogP contribution >= 0.6 is 0 Å². The third kappa shape index (κ3) is 2.78. The molecule has 0 aromatic carbocycles. The molecule has 1 atom stereocenters. The van der Waals surface area contributed by atoms with E-state index in [-0.39, 0.29) is 29.7 Å². The van der Waals surface area contributed by atoms with E-state index >= 15 is 0 Å². The molecule has 3 amide bonds. The molecule has 2 aliphatic heterocycles. The molecule has 2 fully saturated rings. The van der Waals surface area contributed by atoms with Crippen LogP contribution in [-0.4, -0.2) is 71.7 Å². The normalized spacial score (nSPS) is 25.1. The number of nitrogens with zero attached hydrogens (tertiary/aromatic N) is 3. The third-order valence-corrected chi connectivity index (χ3v) is 4.45. The highest BCUT2D eigenvalue weighted by molar-refractivity contribution is 5.89. The average Bonchev–Trinajstić information content (AvgIpc) is 2.44. The second kappa shape index (κ2) is 5.81. The maximum absolute atomic E-state index is 12.5. The van der Waals surface area contributed by atoms with Gasteiger partial charge < -0.3 is 14.7 Å². The van der Waals surface area contributed by atoms with Crippen LogP contribution in [0.1, 0.15) is 26.7 Å². The fourth-order valence-electron chi connectivity index (χ4n) is 2.99. The Morgan fingerprint density at radius 1 is 1.10 bits per heavy atom. The van der Waals surface area contributed by atoms with Gasteiger partial charge in [-0.25, -0.2) is 0 Å². The van der Waals surface area contributed by atoms with Gasteiger partial charge in [-0.1, -0.05) is 0 Å². The first-order chi connectivity index (χ1) is 9.41. The van der Waals surface area contributed by atoms with Gasteiger partial charge in [-0.05, 0) is 19.8 Å².